The quantitative estimate of drug-likeness (QED) is 0.0261. The van der Waals surface area contributed by atoms with Crippen LogP contribution < -0.4 is 0 Å². The van der Waals surface area contributed by atoms with Crippen LogP contribution >= 0.6 is 0 Å². The van der Waals surface area contributed by atoms with Crippen LogP contribution in [0.3, 0.4) is 0 Å². The number of ether oxygens (including phenoxy) is 3. The Balaban J connectivity index is 4.17. The molecule has 0 fully saturated rings. The van der Waals surface area contributed by atoms with Gasteiger partial charge in [0.15, 0.2) is 6.10 Å². The molecule has 0 aliphatic rings. The van der Waals surface area contributed by atoms with Gasteiger partial charge in [-0.3, -0.25) is 14.4 Å². The van der Waals surface area contributed by atoms with Gasteiger partial charge in [0, 0.05) is 19.3 Å². The smallest absolute Gasteiger partial charge is 0.306 e. The Bertz CT molecular complexity index is 1390. The second kappa shape index (κ2) is 66.6. The lowest BCUT2D eigenvalue weighted by Gasteiger charge is -2.18. The summed E-state index contributed by atoms with van der Waals surface area (Å²) in [6.45, 7) is 6.60. The molecule has 6 heteroatoms. The summed E-state index contributed by atoms with van der Waals surface area (Å²) in [7, 11) is 0. The highest BCUT2D eigenvalue weighted by Crippen LogP contribution is 2.18. The van der Waals surface area contributed by atoms with Crippen molar-refractivity contribution in [2.75, 3.05) is 13.2 Å². The van der Waals surface area contributed by atoms with Gasteiger partial charge in [0.25, 0.3) is 0 Å². The predicted octanol–water partition coefficient (Wildman–Crippen LogP) is 23.5. The van der Waals surface area contributed by atoms with Gasteiger partial charge in [-0.25, -0.2) is 0 Å². The normalized spacial score (nSPS) is 12.4. The number of esters is 3. The fraction of sp³-hybridized carbons (Fsp3) is 0.819. The number of rotatable bonds is 63. The minimum Gasteiger partial charge on any atom is -0.462 e. The molecular weight excluding hydrogens is 961 g/mol. The van der Waals surface area contributed by atoms with Gasteiger partial charge in [-0.15, -0.1) is 0 Å². The highest BCUT2D eigenvalue weighted by molar-refractivity contribution is 5.71. The first-order valence-corrected chi connectivity index (χ1v) is 34.3. The van der Waals surface area contributed by atoms with E-state index in [0.717, 1.165) is 96.3 Å². The van der Waals surface area contributed by atoms with Gasteiger partial charge < -0.3 is 14.2 Å². The first-order chi connectivity index (χ1) is 38.5. The average molecular weight is 1090 g/mol. The Morgan fingerprint density at radius 2 is 0.487 bits per heavy atom. The maximum Gasteiger partial charge on any atom is 0.306 e. The van der Waals surface area contributed by atoms with Crippen LogP contribution in [0.5, 0.6) is 0 Å². The topological polar surface area (TPSA) is 78.9 Å². The summed E-state index contributed by atoms with van der Waals surface area (Å²) in [5, 5.41) is 0. The summed E-state index contributed by atoms with van der Waals surface area (Å²) < 4.78 is 16.9. The van der Waals surface area contributed by atoms with E-state index in [9.17, 15) is 14.4 Å². The molecule has 0 radical (unpaired) electrons. The summed E-state index contributed by atoms with van der Waals surface area (Å²) in [5.74, 6) is -0.868. The maximum absolute atomic E-state index is 12.9. The minimum atomic E-state index is -0.778. The van der Waals surface area contributed by atoms with Crippen LogP contribution in [0.4, 0.5) is 0 Å². The minimum absolute atomic E-state index is 0.0743. The average Bonchev–Trinajstić information content (AvgIpc) is 3.44. The third-order valence-electron chi connectivity index (χ3n) is 15.2. The lowest BCUT2D eigenvalue weighted by molar-refractivity contribution is -0.167. The summed E-state index contributed by atoms with van der Waals surface area (Å²) in [5.41, 5.74) is 0. The van der Waals surface area contributed by atoms with Crippen LogP contribution in [0.2, 0.25) is 0 Å². The summed E-state index contributed by atoms with van der Waals surface area (Å²) >= 11 is 0. The van der Waals surface area contributed by atoms with Gasteiger partial charge in [-0.05, 0) is 83.5 Å². The molecule has 0 aromatic carbocycles. The molecule has 0 aliphatic carbocycles. The lowest BCUT2D eigenvalue weighted by Crippen LogP contribution is -2.30. The lowest BCUT2D eigenvalue weighted by atomic mass is 10.0. The molecule has 0 aromatic rings. The highest BCUT2D eigenvalue weighted by Gasteiger charge is 2.19. The van der Waals surface area contributed by atoms with Crippen LogP contribution in [0.25, 0.3) is 0 Å². The molecule has 0 rings (SSSR count). The Morgan fingerprint density at radius 1 is 0.256 bits per heavy atom. The Labute approximate surface area is 485 Å². The van der Waals surface area contributed by atoms with E-state index in [1.54, 1.807) is 0 Å². The molecule has 78 heavy (non-hydrogen) atoms. The van der Waals surface area contributed by atoms with E-state index in [1.165, 1.54) is 225 Å². The number of allylic oxidation sites excluding steroid dienone is 10. The summed E-state index contributed by atoms with van der Waals surface area (Å²) in [6, 6.07) is 0. The first-order valence-electron chi connectivity index (χ1n) is 34.3. The van der Waals surface area contributed by atoms with Gasteiger partial charge in [-0.1, -0.05) is 319 Å². The zero-order valence-corrected chi connectivity index (χ0v) is 52.2. The van der Waals surface area contributed by atoms with E-state index in [4.69, 9.17) is 14.2 Å². The number of carbonyl (C=O) groups excluding carboxylic acids is 3. The number of unbranched alkanes of at least 4 members (excludes halogenated alkanes) is 42. The Morgan fingerprint density at radius 3 is 0.769 bits per heavy atom. The van der Waals surface area contributed by atoms with Crippen molar-refractivity contribution in [3.63, 3.8) is 0 Å². The van der Waals surface area contributed by atoms with Crippen LogP contribution in [0.1, 0.15) is 361 Å². The second-order valence-electron chi connectivity index (χ2n) is 23.1. The Hall–Kier alpha value is -2.89. The molecule has 6 nitrogen and oxygen atoms in total. The molecule has 0 saturated carbocycles. The standard InChI is InChI=1S/C72H130O6/c1-4-7-10-13-16-19-22-25-27-29-30-31-32-33-34-35-36-37-38-39-40-41-42-43-45-47-50-53-56-59-62-65-71(74)77-68-69(67-76-70(73)64-61-58-55-52-49-46-24-21-18-15-12-9-6-3)78-72(75)66-63-60-57-54-51-48-44-28-26-23-20-17-14-11-8-5-2/h12,15,21-22,24-25,29-30,32-33,69H,4-11,13-14,16-20,23,26-28,31,34-68H2,1-3H3/b15-12-,24-21-,25-22-,30-29-,33-32-. The van der Waals surface area contributed by atoms with Gasteiger partial charge in [-0.2, -0.15) is 0 Å². The summed E-state index contributed by atoms with van der Waals surface area (Å²) in [4.78, 5) is 38.3. The molecule has 0 saturated heterocycles. The molecule has 0 aliphatic heterocycles. The highest BCUT2D eigenvalue weighted by atomic mass is 16.6. The van der Waals surface area contributed by atoms with E-state index < -0.39 is 6.10 Å². The SMILES string of the molecule is CCC/C=C\C/C=C\CCCCCCCC(=O)OCC(COC(=O)CCCCCCCCCCCCCCCCCC/C=C\C/C=C\C/C=C\CCCCCCC)OC(=O)CCCCCCCCCCCCCCCCCC. The number of carbonyl (C=O) groups is 3. The van der Waals surface area contributed by atoms with Crippen LogP contribution in [0, 0.1) is 0 Å². The van der Waals surface area contributed by atoms with E-state index in [1.807, 2.05) is 0 Å². The van der Waals surface area contributed by atoms with E-state index >= 15 is 0 Å². The fourth-order valence-corrected chi connectivity index (χ4v) is 10.1. The van der Waals surface area contributed by atoms with Gasteiger partial charge in [0.05, 0.1) is 0 Å². The zero-order chi connectivity index (χ0) is 56.4. The van der Waals surface area contributed by atoms with Gasteiger partial charge >= 0.3 is 17.9 Å². The van der Waals surface area contributed by atoms with Crippen molar-refractivity contribution in [2.45, 2.75) is 367 Å². The zero-order valence-electron chi connectivity index (χ0n) is 52.2. The van der Waals surface area contributed by atoms with Gasteiger partial charge in [0.1, 0.15) is 13.2 Å². The number of hydrogen-bond acceptors (Lipinski definition) is 6. The second-order valence-corrected chi connectivity index (χ2v) is 23.1. The van der Waals surface area contributed by atoms with Crippen LogP contribution in [-0.2, 0) is 28.6 Å². The third kappa shape index (κ3) is 63.9. The molecule has 454 valence electrons. The molecule has 0 spiro atoms. The molecule has 0 bridgehead atoms. The van der Waals surface area contributed by atoms with Gasteiger partial charge in [0.2, 0.25) is 0 Å². The third-order valence-corrected chi connectivity index (χ3v) is 15.2. The molecule has 0 N–H and O–H groups in total. The molecule has 1 unspecified atom stereocenters. The maximum atomic E-state index is 12.9. The number of hydrogen-bond donors (Lipinski definition) is 0. The van der Waals surface area contributed by atoms with E-state index in [0.29, 0.717) is 19.3 Å². The molecule has 0 heterocycles. The molecule has 0 aromatic heterocycles. The van der Waals surface area contributed by atoms with Crippen LogP contribution in [0.15, 0.2) is 60.8 Å². The van der Waals surface area contributed by atoms with Crippen molar-refractivity contribution in [2.24, 2.45) is 0 Å². The van der Waals surface area contributed by atoms with Crippen molar-refractivity contribution in [3.8, 4) is 0 Å². The van der Waals surface area contributed by atoms with Crippen molar-refractivity contribution in [3.05, 3.63) is 60.8 Å². The van der Waals surface area contributed by atoms with E-state index in [2.05, 4.69) is 81.5 Å². The Kier molecular flexibility index (Phi) is 64.2. The largest absolute Gasteiger partial charge is 0.462 e. The first kappa shape index (κ1) is 75.1. The molecule has 1 atom stereocenters. The molecule has 0 amide bonds. The van der Waals surface area contributed by atoms with Crippen LogP contribution in [-0.4, -0.2) is 37.2 Å². The summed E-state index contributed by atoms with van der Waals surface area (Å²) in [6.07, 6.45) is 85.3. The van der Waals surface area contributed by atoms with Crippen molar-refractivity contribution >= 4 is 17.9 Å². The van der Waals surface area contributed by atoms with Crippen molar-refractivity contribution in [1.82, 2.24) is 0 Å². The predicted molar refractivity (Wildman–Crippen MR) is 339 cm³/mol. The van der Waals surface area contributed by atoms with E-state index in [-0.39, 0.29) is 31.1 Å². The van der Waals surface area contributed by atoms with Crippen molar-refractivity contribution < 1.29 is 28.6 Å². The van der Waals surface area contributed by atoms with Crippen molar-refractivity contribution in [1.29, 1.82) is 0 Å². The monoisotopic (exact) mass is 1090 g/mol. The fourth-order valence-electron chi connectivity index (χ4n) is 10.1. The molecular formula is C72H130O6.